The first-order chi connectivity index (χ1) is 10.1. The minimum atomic E-state index is -0.426. The largest absolute Gasteiger partial charge is 0.389 e. The SMILES string of the molecule is CN(CC1(O)CCCC1)CC1(CNC2CC2)CCOCC1. The Kier molecular flexibility index (Phi) is 4.89. The van der Waals surface area contributed by atoms with Gasteiger partial charge >= 0.3 is 0 Å². The molecule has 0 unspecified atom stereocenters. The maximum atomic E-state index is 10.6. The van der Waals surface area contributed by atoms with Crippen LogP contribution in [0, 0.1) is 5.41 Å². The van der Waals surface area contributed by atoms with Gasteiger partial charge in [-0.1, -0.05) is 12.8 Å². The molecule has 0 aromatic heterocycles. The van der Waals surface area contributed by atoms with Crippen LogP contribution in [0.2, 0.25) is 0 Å². The van der Waals surface area contributed by atoms with Gasteiger partial charge in [0.05, 0.1) is 5.60 Å². The fourth-order valence-electron chi connectivity index (χ4n) is 4.17. The van der Waals surface area contributed by atoms with Crippen molar-refractivity contribution in [2.75, 3.05) is 39.9 Å². The zero-order valence-electron chi connectivity index (χ0n) is 13.6. The van der Waals surface area contributed by atoms with E-state index in [-0.39, 0.29) is 0 Å². The van der Waals surface area contributed by atoms with Crippen LogP contribution in [0.25, 0.3) is 0 Å². The molecule has 0 spiro atoms. The summed E-state index contributed by atoms with van der Waals surface area (Å²) in [5.74, 6) is 0. The van der Waals surface area contributed by atoms with Gasteiger partial charge in [0.15, 0.2) is 0 Å². The Morgan fingerprint density at radius 2 is 1.76 bits per heavy atom. The second-order valence-corrected chi connectivity index (χ2v) is 7.87. The van der Waals surface area contributed by atoms with E-state index in [9.17, 15) is 5.11 Å². The maximum absolute atomic E-state index is 10.6. The van der Waals surface area contributed by atoms with Crippen LogP contribution in [0.5, 0.6) is 0 Å². The molecular weight excluding hydrogens is 264 g/mol. The summed E-state index contributed by atoms with van der Waals surface area (Å²) in [6, 6.07) is 0.772. The number of ether oxygens (including phenoxy) is 1. The summed E-state index contributed by atoms with van der Waals surface area (Å²) in [6.45, 7) is 4.82. The monoisotopic (exact) mass is 296 g/mol. The standard InChI is InChI=1S/C17H32N2O2/c1-19(14-17(20)6-2-3-7-17)13-16(8-10-21-11-9-16)12-18-15-4-5-15/h15,18,20H,2-14H2,1H3. The van der Waals surface area contributed by atoms with Gasteiger partial charge in [0.2, 0.25) is 0 Å². The lowest BCUT2D eigenvalue weighted by Gasteiger charge is -2.42. The minimum absolute atomic E-state index is 0.338. The van der Waals surface area contributed by atoms with Gasteiger partial charge in [-0.05, 0) is 51.0 Å². The highest BCUT2D eigenvalue weighted by Gasteiger charge is 2.38. The van der Waals surface area contributed by atoms with Gasteiger partial charge in [-0.25, -0.2) is 0 Å². The lowest BCUT2D eigenvalue weighted by molar-refractivity contribution is -0.0257. The molecule has 3 aliphatic rings. The van der Waals surface area contributed by atoms with E-state index in [4.69, 9.17) is 4.74 Å². The normalized spacial score (nSPS) is 28.1. The third-order valence-corrected chi connectivity index (χ3v) is 5.60. The summed E-state index contributed by atoms with van der Waals surface area (Å²) in [4.78, 5) is 2.38. The van der Waals surface area contributed by atoms with Crippen molar-refractivity contribution in [3.05, 3.63) is 0 Å². The molecule has 4 heteroatoms. The van der Waals surface area contributed by atoms with E-state index in [1.165, 1.54) is 25.7 Å². The fourth-order valence-corrected chi connectivity index (χ4v) is 4.17. The van der Waals surface area contributed by atoms with Crippen LogP contribution >= 0.6 is 0 Å². The Labute approximate surface area is 129 Å². The van der Waals surface area contributed by atoms with Crippen LogP contribution in [0.3, 0.4) is 0 Å². The topological polar surface area (TPSA) is 44.7 Å². The van der Waals surface area contributed by atoms with E-state index in [0.29, 0.717) is 5.41 Å². The van der Waals surface area contributed by atoms with Crippen LogP contribution in [-0.2, 0) is 4.74 Å². The van der Waals surface area contributed by atoms with E-state index in [2.05, 4.69) is 17.3 Å². The van der Waals surface area contributed by atoms with Crippen LogP contribution in [-0.4, -0.2) is 61.5 Å². The van der Waals surface area contributed by atoms with Gasteiger partial charge in [-0.15, -0.1) is 0 Å². The molecule has 0 amide bonds. The Morgan fingerprint density at radius 3 is 2.38 bits per heavy atom. The number of likely N-dealkylation sites (N-methyl/N-ethyl adjacent to an activating group) is 1. The van der Waals surface area contributed by atoms with E-state index in [1.54, 1.807) is 0 Å². The molecule has 0 aromatic rings. The van der Waals surface area contributed by atoms with Crippen molar-refractivity contribution in [2.24, 2.45) is 5.41 Å². The predicted octanol–water partition coefficient (Wildman–Crippen LogP) is 1.77. The number of hydrogen-bond acceptors (Lipinski definition) is 4. The Hall–Kier alpha value is -0.160. The molecule has 2 aliphatic carbocycles. The third-order valence-electron chi connectivity index (χ3n) is 5.60. The van der Waals surface area contributed by atoms with Crippen molar-refractivity contribution in [3.63, 3.8) is 0 Å². The molecule has 0 aromatic carbocycles. The highest BCUT2D eigenvalue weighted by Crippen LogP contribution is 2.34. The van der Waals surface area contributed by atoms with Gasteiger partial charge in [0, 0.05) is 38.9 Å². The number of aliphatic hydroxyl groups is 1. The van der Waals surface area contributed by atoms with Gasteiger partial charge in [-0.2, -0.15) is 0 Å². The number of hydrogen-bond donors (Lipinski definition) is 2. The van der Waals surface area contributed by atoms with Crippen molar-refractivity contribution in [1.29, 1.82) is 0 Å². The fraction of sp³-hybridized carbons (Fsp3) is 1.00. The number of rotatable bonds is 7. The molecule has 0 atom stereocenters. The molecule has 122 valence electrons. The lowest BCUT2D eigenvalue weighted by Crippen LogP contribution is -2.50. The second kappa shape index (κ2) is 6.53. The van der Waals surface area contributed by atoms with Crippen molar-refractivity contribution < 1.29 is 9.84 Å². The van der Waals surface area contributed by atoms with Crippen LogP contribution in [0.15, 0.2) is 0 Å². The van der Waals surface area contributed by atoms with Crippen molar-refractivity contribution in [3.8, 4) is 0 Å². The average molecular weight is 296 g/mol. The minimum Gasteiger partial charge on any atom is -0.389 e. The first-order valence-electron chi connectivity index (χ1n) is 8.81. The zero-order chi connectivity index (χ0) is 14.8. The van der Waals surface area contributed by atoms with Gasteiger partial charge in [-0.3, -0.25) is 0 Å². The molecule has 2 N–H and O–H groups in total. The molecule has 1 aliphatic heterocycles. The summed E-state index contributed by atoms with van der Waals surface area (Å²) in [7, 11) is 2.19. The summed E-state index contributed by atoms with van der Waals surface area (Å²) in [5.41, 5.74) is -0.0877. The second-order valence-electron chi connectivity index (χ2n) is 7.87. The number of nitrogens with one attached hydrogen (secondary N) is 1. The zero-order valence-corrected chi connectivity index (χ0v) is 13.6. The summed E-state index contributed by atoms with van der Waals surface area (Å²) < 4.78 is 5.59. The Bertz CT molecular complexity index is 332. The van der Waals surface area contributed by atoms with Crippen molar-refractivity contribution in [2.45, 2.75) is 63.0 Å². The Morgan fingerprint density at radius 1 is 1.10 bits per heavy atom. The van der Waals surface area contributed by atoms with E-state index >= 15 is 0 Å². The van der Waals surface area contributed by atoms with E-state index < -0.39 is 5.60 Å². The quantitative estimate of drug-likeness (QED) is 0.751. The smallest absolute Gasteiger partial charge is 0.0774 e. The molecular formula is C17H32N2O2. The highest BCUT2D eigenvalue weighted by atomic mass is 16.5. The molecule has 1 saturated heterocycles. The summed E-state index contributed by atoms with van der Waals surface area (Å²) >= 11 is 0. The predicted molar refractivity (Wildman–Crippen MR) is 84.4 cm³/mol. The first kappa shape index (κ1) is 15.7. The van der Waals surface area contributed by atoms with Crippen molar-refractivity contribution >= 4 is 0 Å². The van der Waals surface area contributed by atoms with Gasteiger partial charge < -0.3 is 20.1 Å². The average Bonchev–Trinajstić information content (AvgIpc) is 3.19. The van der Waals surface area contributed by atoms with E-state index in [1.807, 2.05) is 0 Å². The van der Waals surface area contributed by atoms with E-state index in [0.717, 1.165) is 64.6 Å². The van der Waals surface area contributed by atoms with Crippen molar-refractivity contribution in [1.82, 2.24) is 10.2 Å². The first-order valence-corrected chi connectivity index (χ1v) is 8.81. The molecule has 0 radical (unpaired) electrons. The molecule has 3 fully saturated rings. The van der Waals surface area contributed by atoms with Crippen LogP contribution in [0.1, 0.15) is 51.4 Å². The maximum Gasteiger partial charge on any atom is 0.0774 e. The summed E-state index contributed by atoms with van der Waals surface area (Å²) in [5, 5.41) is 14.4. The molecule has 1 heterocycles. The van der Waals surface area contributed by atoms with Gasteiger partial charge in [0.1, 0.15) is 0 Å². The molecule has 2 saturated carbocycles. The van der Waals surface area contributed by atoms with Crippen LogP contribution < -0.4 is 5.32 Å². The lowest BCUT2D eigenvalue weighted by atomic mass is 9.79. The molecule has 0 bridgehead atoms. The molecule has 21 heavy (non-hydrogen) atoms. The Balaban J connectivity index is 1.54. The number of nitrogens with zero attached hydrogens (tertiary/aromatic N) is 1. The molecule has 3 rings (SSSR count). The highest BCUT2D eigenvalue weighted by molar-refractivity contribution is 4.93. The molecule has 4 nitrogen and oxygen atoms in total. The third kappa shape index (κ3) is 4.41. The van der Waals surface area contributed by atoms with Crippen LogP contribution in [0.4, 0.5) is 0 Å². The summed E-state index contributed by atoms with van der Waals surface area (Å²) in [6.07, 6.45) is 9.33. The van der Waals surface area contributed by atoms with Gasteiger partial charge in [0.25, 0.3) is 0 Å².